The normalized spacial score (nSPS) is 8.73. The Balaban J connectivity index is 3.08. The fraction of sp³-hybridized carbons (Fsp3) is 0. The number of ketones is 1. The second-order valence-electron chi connectivity index (χ2n) is 1.95. The van der Waals surface area contributed by atoms with Crippen LogP contribution in [0, 0.1) is 11.3 Å². The van der Waals surface area contributed by atoms with Crippen LogP contribution >= 0.6 is 11.6 Å². The summed E-state index contributed by atoms with van der Waals surface area (Å²) in [6, 6.07) is 7.81. The van der Waals surface area contributed by atoms with Gasteiger partial charge in [0.15, 0.2) is 0 Å². The Hall–Kier alpha value is -1.33. The number of carbonyl (C=O) groups excluding carboxylic acids is 1. The minimum atomic E-state index is -0.563. The third kappa shape index (κ3) is 1.79. The van der Waals surface area contributed by atoms with Crippen molar-refractivity contribution >= 4 is 17.4 Å². The van der Waals surface area contributed by atoms with E-state index < -0.39 is 5.78 Å². The lowest BCUT2D eigenvalue weighted by molar-refractivity contribution is 0.105. The molecular weight excluding hydrogens is 162 g/mol. The van der Waals surface area contributed by atoms with Crippen molar-refractivity contribution in [3.05, 3.63) is 34.9 Å². The second-order valence-corrected chi connectivity index (χ2v) is 2.39. The maximum absolute atomic E-state index is 10.7. The molecule has 0 aliphatic carbocycles. The molecule has 0 bridgehead atoms. The number of halogens is 1. The molecule has 0 unspecified atom stereocenters. The van der Waals surface area contributed by atoms with Crippen molar-refractivity contribution in [1.29, 1.82) is 5.26 Å². The first-order valence-electron chi connectivity index (χ1n) is 2.94. The van der Waals surface area contributed by atoms with E-state index in [0.29, 0.717) is 10.6 Å². The van der Waals surface area contributed by atoms with Crippen LogP contribution in [0.25, 0.3) is 0 Å². The summed E-state index contributed by atoms with van der Waals surface area (Å²) in [4.78, 5) is 10.7. The first-order valence-corrected chi connectivity index (χ1v) is 3.32. The van der Waals surface area contributed by atoms with Crippen LogP contribution in [0.2, 0.25) is 5.02 Å². The van der Waals surface area contributed by atoms with Gasteiger partial charge >= 0.3 is 0 Å². The second kappa shape index (κ2) is 3.18. The van der Waals surface area contributed by atoms with E-state index in [0.717, 1.165) is 0 Å². The molecule has 0 saturated heterocycles. The molecule has 1 aromatic carbocycles. The number of rotatable bonds is 1. The van der Waals surface area contributed by atoms with E-state index in [2.05, 4.69) is 0 Å². The quantitative estimate of drug-likeness (QED) is 0.472. The average Bonchev–Trinajstić information content (AvgIpc) is 2.03. The summed E-state index contributed by atoms with van der Waals surface area (Å²) < 4.78 is 0. The highest BCUT2D eigenvalue weighted by atomic mass is 35.5. The van der Waals surface area contributed by atoms with Crippen LogP contribution < -0.4 is 0 Å². The molecule has 2 nitrogen and oxygen atoms in total. The van der Waals surface area contributed by atoms with Gasteiger partial charge in [-0.1, -0.05) is 23.7 Å². The highest BCUT2D eigenvalue weighted by Gasteiger charge is 2.02. The maximum Gasteiger partial charge on any atom is 0.262 e. The SMILES string of the molecule is N#CC(=O)c1cccc(Cl)c1. The monoisotopic (exact) mass is 165 g/mol. The van der Waals surface area contributed by atoms with Gasteiger partial charge in [0, 0.05) is 10.6 Å². The molecule has 0 amide bonds. The van der Waals surface area contributed by atoms with Gasteiger partial charge in [0.1, 0.15) is 6.07 Å². The van der Waals surface area contributed by atoms with Crippen LogP contribution in [0.15, 0.2) is 24.3 Å². The zero-order valence-electron chi connectivity index (χ0n) is 5.54. The molecule has 0 spiro atoms. The Labute approximate surface area is 69.0 Å². The summed E-state index contributed by atoms with van der Waals surface area (Å²) in [7, 11) is 0. The van der Waals surface area contributed by atoms with E-state index in [1.54, 1.807) is 18.2 Å². The molecule has 1 rings (SSSR count). The highest BCUT2D eigenvalue weighted by molar-refractivity contribution is 6.31. The highest BCUT2D eigenvalue weighted by Crippen LogP contribution is 2.10. The van der Waals surface area contributed by atoms with Crippen molar-refractivity contribution in [2.45, 2.75) is 0 Å². The molecule has 11 heavy (non-hydrogen) atoms. The van der Waals surface area contributed by atoms with Gasteiger partial charge in [-0.3, -0.25) is 4.79 Å². The number of carbonyl (C=O) groups is 1. The third-order valence-corrected chi connectivity index (χ3v) is 1.42. The summed E-state index contributed by atoms with van der Waals surface area (Å²) in [6.07, 6.45) is 0. The summed E-state index contributed by atoms with van der Waals surface area (Å²) in [5.74, 6) is -0.563. The fourth-order valence-corrected chi connectivity index (χ4v) is 0.885. The van der Waals surface area contributed by atoms with E-state index in [4.69, 9.17) is 16.9 Å². The molecule has 0 atom stereocenters. The number of hydrogen-bond donors (Lipinski definition) is 0. The first kappa shape index (κ1) is 7.77. The summed E-state index contributed by atoms with van der Waals surface area (Å²) >= 11 is 5.58. The maximum atomic E-state index is 10.7. The predicted molar refractivity (Wildman–Crippen MR) is 41.4 cm³/mol. The topological polar surface area (TPSA) is 40.9 Å². The molecule has 1 aromatic rings. The van der Waals surface area contributed by atoms with Crippen molar-refractivity contribution in [2.24, 2.45) is 0 Å². The Morgan fingerprint density at radius 1 is 1.55 bits per heavy atom. The van der Waals surface area contributed by atoms with Crippen LogP contribution in [0.1, 0.15) is 10.4 Å². The van der Waals surface area contributed by atoms with Crippen molar-refractivity contribution in [1.82, 2.24) is 0 Å². The van der Waals surface area contributed by atoms with E-state index in [9.17, 15) is 4.79 Å². The van der Waals surface area contributed by atoms with Gasteiger partial charge in [-0.15, -0.1) is 0 Å². The summed E-state index contributed by atoms with van der Waals surface area (Å²) in [5.41, 5.74) is 0.333. The van der Waals surface area contributed by atoms with Crippen LogP contribution in [0.3, 0.4) is 0 Å². The van der Waals surface area contributed by atoms with Gasteiger partial charge in [-0.25, -0.2) is 0 Å². The van der Waals surface area contributed by atoms with Crippen molar-refractivity contribution in [3.63, 3.8) is 0 Å². The van der Waals surface area contributed by atoms with Crippen molar-refractivity contribution in [2.75, 3.05) is 0 Å². The zero-order chi connectivity index (χ0) is 8.27. The van der Waals surface area contributed by atoms with Gasteiger partial charge in [0.25, 0.3) is 5.78 Å². The average molecular weight is 166 g/mol. The minimum Gasteiger partial charge on any atom is -0.277 e. The Kier molecular flexibility index (Phi) is 2.25. The molecule has 0 saturated carbocycles. The van der Waals surface area contributed by atoms with Crippen LogP contribution in [0.5, 0.6) is 0 Å². The molecule has 0 aliphatic heterocycles. The molecule has 3 heteroatoms. The van der Waals surface area contributed by atoms with Gasteiger partial charge in [0.05, 0.1) is 0 Å². The van der Waals surface area contributed by atoms with Gasteiger partial charge < -0.3 is 0 Å². The van der Waals surface area contributed by atoms with Crippen LogP contribution in [-0.4, -0.2) is 5.78 Å². The van der Waals surface area contributed by atoms with Crippen molar-refractivity contribution < 1.29 is 4.79 Å². The standard InChI is InChI=1S/C8H4ClNO/c9-7-3-1-2-6(4-7)8(11)5-10/h1-4H. The predicted octanol–water partition coefficient (Wildman–Crippen LogP) is 2.05. The van der Waals surface area contributed by atoms with Crippen LogP contribution in [0.4, 0.5) is 0 Å². The molecule has 0 radical (unpaired) electrons. The van der Waals surface area contributed by atoms with Gasteiger partial charge in [-0.05, 0) is 12.1 Å². The molecule has 0 aliphatic rings. The number of Topliss-reactive ketones (excluding diaryl/α,β-unsaturated/α-hetero) is 1. The molecule has 0 heterocycles. The number of benzene rings is 1. The lowest BCUT2D eigenvalue weighted by atomic mass is 10.1. The van der Waals surface area contributed by atoms with Crippen molar-refractivity contribution in [3.8, 4) is 6.07 Å². The largest absolute Gasteiger partial charge is 0.277 e. The van der Waals surface area contributed by atoms with E-state index >= 15 is 0 Å². The van der Waals surface area contributed by atoms with Gasteiger partial charge in [0.2, 0.25) is 0 Å². The number of nitriles is 1. The summed E-state index contributed by atoms with van der Waals surface area (Å²) in [5, 5.41) is 8.70. The molecular formula is C8H4ClNO. The molecule has 0 aromatic heterocycles. The number of hydrogen-bond acceptors (Lipinski definition) is 2. The fourth-order valence-electron chi connectivity index (χ4n) is 0.694. The van der Waals surface area contributed by atoms with E-state index in [1.807, 2.05) is 0 Å². The lowest BCUT2D eigenvalue weighted by Gasteiger charge is -1.91. The van der Waals surface area contributed by atoms with Crippen LogP contribution in [-0.2, 0) is 0 Å². The van der Waals surface area contributed by atoms with E-state index in [-0.39, 0.29) is 0 Å². The zero-order valence-corrected chi connectivity index (χ0v) is 6.30. The first-order chi connectivity index (χ1) is 5.24. The Bertz CT molecular complexity index is 327. The minimum absolute atomic E-state index is 0.333. The molecule has 54 valence electrons. The summed E-state index contributed by atoms with van der Waals surface area (Å²) in [6.45, 7) is 0. The number of nitrogens with zero attached hydrogens (tertiary/aromatic N) is 1. The Morgan fingerprint density at radius 2 is 2.27 bits per heavy atom. The molecule has 0 N–H and O–H groups in total. The third-order valence-electron chi connectivity index (χ3n) is 1.19. The molecule has 0 fully saturated rings. The smallest absolute Gasteiger partial charge is 0.262 e. The van der Waals surface area contributed by atoms with Gasteiger partial charge in [-0.2, -0.15) is 5.26 Å². The Morgan fingerprint density at radius 3 is 2.82 bits per heavy atom. The lowest BCUT2D eigenvalue weighted by Crippen LogP contribution is -1.92. The van der Waals surface area contributed by atoms with E-state index in [1.165, 1.54) is 12.1 Å².